The first-order valence-electron chi connectivity index (χ1n) is 6.72. The van der Waals surface area contributed by atoms with E-state index < -0.39 is 0 Å². The van der Waals surface area contributed by atoms with E-state index in [4.69, 9.17) is 16.3 Å². The number of benzene rings is 2. The summed E-state index contributed by atoms with van der Waals surface area (Å²) in [7, 11) is 1.93. The lowest BCUT2D eigenvalue weighted by atomic mass is 10.2. The summed E-state index contributed by atoms with van der Waals surface area (Å²) in [5, 5.41) is 4.74. The summed E-state index contributed by atoms with van der Waals surface area (Å²) < 4.78 is 5.96. The first-order valence-corrected chi connectivity index (χ1v) is 7.10. The molecule has 0 bridgehead atoms. The van der Waals surface area contributed by atoms with E-state index in [0.717, 1.165) is 28.9 Å². The van der Waals surface area contributed by atoms with Crippen LogP contribution in [0.1, 0.15) is 5.56 Å². The lowest BCUT2D eigenvalue weighted by molar-refractivity contribution is 0.487. The van der Waals surface area contributed by atoms with E-state index >= 15 is 0 Å². The molecule has 0 saturated heterocycles. The molecule has 0 radical (unpaired) electrons. The standard InChI is InChI=1S/C17H15ClN2O/c1-19-11-12-2-5-14(6-3-12)21-17-8-9-20-16-10-13(18)4-7-15(16)17/h2-10,19H,11H2,1H3. The summed E-state index contributed by atoms with van der Waals surface area (Å²) in [4.78, 5) is 4.31. The number of halogens is 1. The topological polar surface area (TPSA) is 34.1 Å². The molecule has 0 fully saturated rings. The number of aromatic nitrogens is 1. The highest BCUT2D eigenvalue weighted by molar-refractivity contribution is 6.31. The molecule has 1 N–H and O–H groups in total. The summed E-state index contributed by atoms with van der Waals surface area (Å²) in [5.74, 6) is 1.58. The van der Waals surface area contributed by atoms with E-state index in [1.165, 1.54) is 5.56 Å². The van der Waals surface area contributed by atoms with Gasteiger partial charge in [0.05, 0.1) is 5.52 Å². The molecule has 0 aliphatic rings. The van der Waals surface area contributed by atoms with Crippen LogP contribution in [0.5, 0.6) is 11.5 Å². The van der Waals surface area contributed by atoms with Gasteiger partial charge in [-0.25, -0.2) is 0 Å². The van der Waals surface area contributed by atoms with E-state index in [1.807, 2.05) is 55.6 Å². The molecular weight excluding hydrogens is 284 g/mol. The number of nitrogens with zero attached hydrogens (tertiary/aromatic N) is 1. The van der Waals surface area contributed by atoms with Gasteiger partial charge in [0.1, 0.15) is 11.5 Å². The first kappa shape index (κ1) is 13.9. The first-order chi connectivity index (χ1) is 10.3. The largest absolute Gasteiger partial charge is 0.457 e. The van der Waals surface area contributed by atoms with Gasteiger partial charge in [-0.3, -0.25) is 4.98 Å². The molecule has 0 spiro atoms. The van der Waals surface area contributed by atoms with Crippen LogP contribution in [0.2, 0.25) is 5.02 Å². The van der Waals surface area contributed by atoms with Crippen molar-refractivity contribution in [1.29, 1.82) is 0 Å². The molecule has 1 aromatic heterocycles. The van der Waals surface area contributed by atoms with Crippen LogP contribution in [-0.2, 0) is 6.54 Å². The van der Waals surface area contributed by atoms with E-state index in [0.29, 0.717) is 5.02 Å². The number of hydrogen-bond acceptors (Lipinski definition) is 3. The molecule has 4 heteroatoms. The van der Waals surface area contributed by atoms with Crippen LogP contribution in [0, 0.1) is 0 Å². The van der Waals surface area contributed by atoms with Crippen LogP contribution < -0.4 is 10.1 Å². The van der Waals surface area contributed by atoms with Gasteiger partial charge in [0, 0.05) is 23.2 Å². The SMILES string of the molecule is CNCc1ccc(Oc2ccnc3cc(Cl)ccc23)cc1. The molecule has 0 aliphatic heterocycles. The zero-order chi connectivity index (χ0) is 14.7. The average Bonchev–Trinajstić information content (AvgIpc) is 2.49. The fourth-order valence-electron chi connectivity index (χ4n) is 2.19. The Morgan fingerprint density at radius 1 is 1.10 bits per heavy atom. The fourth-order valence-corrected chi connectivity index (χ4v) is 2.36. The molecule has 21 heavy (non-hydrogen) atoms. The van der Waals surface area contributed by atoms with E-state index in [1.54, 1.807) is 6.20 Å². The molecule has 3 aromatic rings. The normalized spacial score (nSPS) is 10.8. The molecule has 0 unspecified atom stereocenters. The average molecular weight is 299 g/mol. The number of ether oxygens (including phenoxy) is 1. The van der Waals surface area contributed by atoms with Gasteiger partial charge in [0.25, 0.3) is 0 Å². The molecular formula is C17H15ClN2O. The van der Waals surface area contributed by atoms with Crippen LogP contribution in [0.3, 0.4) is 0 Å². The van der Waals surface area contributed by atoms with Crippen molar-refractivity contribution in [2.75, 3.05) is 7.05 Å². The highest BCUT2D eigenvalue weighted by atomic mass is 35.5. The quantitative estimate of drug-likeness (QED) is 0.775. The van der Waals surface area contributed by atoms with Crippen molar-refractivity contribution in [1.82, 2.24) is 10.3 Å². The van der Waals surface area contributed by atoms with Crippen LogP contribution in [0.4, 0.5) is 0 Å². The lowest BCUT2D eigenvalue weighted by Crippen LogP contribution is -2.04. The molecule has 106 valence electrons. The third-order valence-corrected chi connectivity index (χ3v) is 3.43. The van der Waals surface area contributed by atoms with Crippen LogP contribution in [-0.4, -0.2) is 12.0 Å². The van der Waals surface area contributed by atoms with Gasteiger partial charge in [-0.05, 0) is 49.0 Å². The van der Waals surface area contributed by atoms with Gasteiger partial charge in [0.2, 0.25) is 0 Å². The van der Waals surface area contributed by atoms with Crippen LogP contribution >= 0.6 is 11.6 Å². The molecule has 3 nitrogen and oxygen atoms in total. The lowest BCUT2D eigenvalue weighted by Gasteiger charge is -2.09. The van der Waals surface area contributed by atoms with Gasteiger partial charge in [-0.1, -0.05) is 23.7 Å². The van der Waals surface area contributed by atoms with Crippen LogP contribution in [0.15, 0.2) is 54.7 Å². The summed E-state index contributed by atoms with van der Waals surface area (Å²) in [6.07, 6.45) is 1.73. The Kier molecular flexibility index (Phi) is 4.04. The van der Waals surface area contributed by atoms with Crippen molar-refractivity contribution in [3.8, 4) is 11.5 Å². The predicted octanol–water partition coefficient (Wildman–Crippen LogP) is 4.40. The molecule has 0 atom stereocenters. The maximum absolute atomic E-state index is 5.99. The van der Waals surface area contributed by atoms with Gasteiger partial charge in [-0.2, -0.15) is 0 Å². The minimum Gasteiger partial charge on any atom is -0.457 e. The zero-order valence-electron chi connectivity index (χ0n) is 11.6. The second-order valence-corrected chi connectivity index (χ2v) is 5.18. The number of fused-ring (bicyclic) bond motifs is 1. The maximum atomic E-state index is 5.99. The van der Waals surface area contributed by atoms with E-state index in [9.17, 15) is 0 Å². The molecule has 2 aromatic carbocycles. The van der Waals surface area contributed by atoms with E-state index in [2.05, 4.69) is 10.3 Å². The second-order valence-electron chi connectivity index (χ2n) is 4.75. The second kappa shape index (κ2) is 6.12. The Morgan fingerprint density at radius 2 is 1.90 bits per heavy atom. The van der Waals surface area contributed by atoms with Crippen molar-refractivity contribution in [3.63, 3.8) is 0 Å². The third-order valence-electron chi connectivity index (χ3n) is 3.20. The number of hydrogen-bond donors (Lipinski definition) is 1. The van der Waals surface area contributed by atoms with Crippen molar-refractivity contribution >= 4 is 22.5 Å². The highest BCUT2D eigenvalue weighted by Crippen LogP contribution is 2.30. The Labute approximate surface area is 128 Å². The predicted molar refractivity (Wildman–Crippen MR) is 86.0 cm³/mol. The Hall–Kier alpha value is -2.10. The summed E-state index contributed by atoms with van der Waals surface area (Å²) >= 11 is 5.99. The molecule has 1 heterocycles. The Bertz CT molecular complexity index is 756. The summed E-state index contributed by atoms with van der Waals surface area (Å²) in [6, 6.07) is 15.5. The Morgan fingerprint density at radius 3 is 2.67 bits per heavy atom. The van der Waals surface area contributed by atoms with Gasteiger partial charge >= 0.3 is 0 Å². The number of pyridine rings is 1. The minimum absolute atomic E-state index is 0.670. The number of nitrogens with one attached hydrogen (secondary N) is 1. The molecule has 0 aliphatic carbocycles. The molecule has 3 rings (SSSR count). The van der Waals surface area contributed by atoms with E-state index in [-0.39, 0.29) is 0 Å². The van der Waals surface area contributed by atoms with Crippen molar-refractivity contribution in [3.05, 3.63) is 65.3 Å². The fraction of sp³-hybridized carbons (Fsp3) is 0.118. The smallest absolute Gasteiger partial charge is 0.138 e. The van der Waals surface area contributed by atoms with Gasteiger partial charge in [0.15, 0.2) is 0 Å². The summed E-state index contributed by atoms with van der Waals surface area (Å²) in [6.45, 7) is 0.844. The van der Waals surface area contributed by atoms with Crippen molar-refractivity contribution in [2.24, 2.45) is 0 Å². The van der Waals surface area contributed by atoms with Gasteiger partial charge in [-0.15, -0.1) is 0 Å². The summed E-state index contributed by atoms with van der Waals surface area (Å²) in [5.41, 5.74) is 2.04. The Balaban J connectivity index is 1.90. The zero-order valence-corrected chi connectivity index (χ0v) is 12.4. The highest BCUT2D eigenvalue weighted by Gasteiger charge is 2.05. The molecule has 0 saturated carbocycles. The third kappa shape index (κ3) is 3.15. The number of rotatable bonds is 4. The molecule has 0 amide bonds. The van der Waals surface area contributed by atoms with Gasteiger partial charge < -0.3 is 10.1 Å². The minimum atomic E-state index is 0.670. The van der Waals surface area contributed by atoms with Crippen molar-refractivity contribution in [2.45, 2.75) is 6.54 Å². The van der Waals surface area contributed by atoms with Crippen molar-refractivity contribution < 1.29 is 4.74 Å². The van der Waals surface area contributed by atoms with Crippen LogP contribution in [0.25, 0.3) is 10.9 Å². The monoisotopic (exact) mass is 298 g/mol. The maximum Gasteiger partial charge on any atom is 0.138 e.